The van der Waals surface area contributed by atoms with Gasteiger partial charge in [0.15, 0.2) is 0 Å². The summed E-state index contributed by atoms with van der Waals surface area (Å²) in [7, 11) is 0. The molecule has 1 aromatic carbocycles. The molecule has 2 heteroatoms. The zero-order valence-corrected chi connectivity index (χ0v) is 10.9. The van der Waals surface area contributed by atoms with Crippen LogP contribution in [-0.2, 0) is 4.79 Å². The predicted molar refractivity (Wildman–Crippen MR) is 73.1 cm³/mol. The van der Waals surface area contributed by atoms with Gasteiger partial charge in [0, 0.05) is 18.7 Å². The van der Waals surface area contributed by atoms with E-state index in [2.05, 4.69) is 27.4 Å². The Hall–Kier alpha value is -1.57. The van der Waals surface area contributed by atoms with E-state index in [0.29, 0.717) is 13.0 Å². The standard InChI is InChI=1S/C15H21NO/c1-5-11-16(13-9-7-6-8-10-13)14(17)12-15(2,3)4/h5-10H,1,11-12H2,2-4H3. The van der Waals surface area contributed by atoms with Crippen LogP contribution in [0, 0.1) is 5.41 Å². The SMILES string of the molecule is C=CCN(C(=O)CC(C)(C)C)c1ccccc1. The number of anilines is 1. The zero-order valence-electron chi connectivity index (χ0n) is 10.9. The fourth-order valence-corrected chi connectivity index (χ4v) is 1.64. The van der Waals surface area contributed by atoms with Crippen molar-refractivity contribution in [3.05, 3.63) is 43.0 Å². The highest BCUT2D eigenvalue weighted by Gasteiger charge is 2.21. The minimum absolute atomic E-state index is 0.00524. The molecular weight excluding hydrogens is 210 g/mol. The van der Waals surface area contributed by atoms with Crippen molar-refractivity contribution < 1.29 is 4.79 Å². The molecule has 0 heterocycles. The summed E-state index contributed by atoms with van der Waals surface area (Å²) in [4.78, 5) is 14.0. The summed E-state index contributed by atoms with van der Waals surface area (Å²) in [5.74, 6) is 0.142. The molecule has 0 N–H and O–H groups in total. The van der Waals surface area contributed by atoms with E-state index in [9.17, 15) is 4.79 Å². The van der Waals surface area contributed by atoms with E-state index in [0.717, 1.165) is 5.69 Å². The summed E-state index contributed by atoms with van der Waals surface area (Å²) in [5.41, 5.74) is 0.937. The lowest BCUT2D eigenvalue weighted by Gasteiger charge is -2.25. The summed E-state index contributed by atoms with van der Waals surface area (Å²) >= 11 is 0. The quantitative estimate of drug-likeness (QED) is 0.724. The van der Waals surface area contributed by atoms with Gasteiger partial charge in [-0.15, -0.1) is 6.58 Å². The first kappa shape index (κ1) is 13.5. The highest BCUT2D eigenvalue weighted by Crippen LogP contribution is 2.22. The second kappa shape index (κ2) is 5.67. The van der Waals surface area contributed by atoms with Crippen LogP contribution < -0.4 is 4.90 Å². The van der Waals surface area contributed by atoms with E-state index in [4.69, 9.17) is 0 Å². The van der Waals surface area contributed by atoms with Gasteiger partial charge in [0.2, 0.25) is 5.91 Å². The molecule has 0 radical (unpaired) electrons. The Labute approximate surface area is 104 Å². The third kappa shape index (κ3) is 4.43. The van der Waals surface area contributed by atoms with Crippen LogP contribution in [0.25, 0.3) is 0 Å². The zero-order chi connectivity index (χ0) is 12.9. The van der Waals surface area contributed by atoms with Crippen molar-refractivity contribution in [2.75, 3.05) is 11.4 Å². The maximum absolute atomic E-state index is 12.2. The Morgan fingerprint density at radius 1 is 1.29 bits per heavy atom. The van der Waals surface area contributed by atoms with Crippen molar-refractivity contribution in [1.82, 2.24) is 0 Å². The van der Waals surface area contributed by atoms with Crippen molar-refractivity contribution in [3.8, 4) is 0 Å². The van der Waals surface area contributed by atoms with Gasteiger partial charge in [-0.25, -0.2) is 0 Å². The van der Waals surface area contributed by atoms with Crippen molar-refractivity contribution >= 4 is 11.6 Å². The second-order valence-electron chi connectivity index (χ2n) is 5.37. The van der Waals surface area contributed by atoms with E-state index in [1.165, 1.54) is 0 Å². The molecule has 17 heavy (non-hydrogen) atoms. The van der Waals surface area contributed by atoms with Crippen LogP contribution in [0.5, 0.6) is 0 Å². The summed E-state index contributed by atoms with van der Waals surface area (Å²) in [6.07, 6.45) is 2.29. The lowest BCUT2D eigenvalue weighted by atomic mass is 9.91. The number of rotatable bonds is 4. The molecule has 1 amide bonds. The Morgan fingerprint density at radius 3 is 2.35 bits per heavy atom. The predicted octanol–water partition coefficient (Wildman–Crippen LogP) is 3.64. The monoisotopic (exact) mass is 231 g/mol. The normalized spacial score (nSPS) is 11.0. The van der Waals surface area contributed by atoms with Crippen molar-refractivity contribution in [1.29, 1.82) is 0 Å². The van der Waals surface area contributed by atoms with Gasteiger partial charge in [-0.2, -0.15) is 0 Å². The molecule has 0 bridgehead atoms. The van der Waals surface area contributed by atoms with Gasteiger partial charge in [0.25, 0.3) is 0 Å². The topological polar surface area (TPSA) is 20.3 Å². The molecular formula is C15H21NO. The molecule has 0 saturated carbocycles. The van der Waals surface area contributed by atoms with Gasteiger partial charge in [0.1, 0.15) is 0 Å². The molecule has 0 aliphatic rings. The third-order valence-corrected chi connectivity index (χ3v) is 2.36. The van der Waals surface area contributed by atoms with E-state index < -0.39 is 0 Å². The van der Waals surface area contributed by atoms with E-state index in [-0.39, 0.29) is 11.3 Å². The Morgan fingerprint density at radius 2 is 1.88 bits per heavy atom. The molecule has 0 saturated heterocycles. The minimum atomic E-state index is 0.00524. The summed E-state index contributed by atoms with van der Waals surface area (Å²) in [5, 5.41) is 0. The number of para-hydroxylation sites is 1. The maximum atomic E-state index is 12.2. The number of hydrogen-bond acceptors (Lipinski definition) is 1. The maximum Gasteiger partial charge on any atom is 0.227 e. The smallest absolute Gasteiger partial charge is 0.227 e. The van der Waals surface area contributed by atoms with Gasteiger partial charge in [0.05, 0.1) is 0 Å². The van der Waals surface area contributed by atoms with Gasteiger partial charge >= 0.3 is 0 Å². The van der Waals surface area contributed by atoms with Crippen molar-refractivity contribution in [2.24, 2.45) is 5.41 Å². The molecule has 0 fully saturated rings. The largest absolute Gasteiger partial charge is 0.309 e. The fraction of sp³-hybridized carbons (Fsp3) is 0.400. The van der Waals surface area contributed by atoms with Crippen molar-refractivity contribution in [3.63, 3.8) is 0 Å². The lowest BCUT2D eigenvalue weighted by Crippen LogP contribution is -2.33. The molecule has 0 spiro atoms. The molecule has 0 aliphatic heterocycles. The summed E-state index contributed by atoms with van der Waals surface area (Å²) in [6, 6.07) is 9.73. The highest BCUT2D eigenvalue weighted by molar-refractivity contribution is 5.93. The van der Waals surface area contributed by atoms with E-state index >= 15 is 0 Å². The first-order valence-electron chi connectivity index (χ1n) is 5.90. The molecule has 1 rings (SSSR count). The summed E-state index contributed by atoms with van der Waals surface area (Å²) in [6.45, 7) is 10.5. The number of carbonyl (C=O) groups is 1. The van der Waals surface area contributed by atoms with Gasteiger partial charge < -0.3 is 4.90 Å². The first-order valence-corrected chi connectivity index (χ1v) is 5.90. The fourth-order valence-electron chi connectivity index (χ4n) is 1.64. The van der Waals surface area contributed by atoms with Gasteiger partial charge in [-0.3, -0.25) is 4.79 Å². The first-order chi connectivity index (χ1) is 7.94. The average molecular weight is 231 g/mol. The molecule has 0 aliphatic carbocycles. The van der Waals surface area contributed by atoms with Crippen LogP contribution in [0.2, 0.25) is 0 Å². The van der Waals surface area contributed by atoms with E-state index in [1.807, 2.05) is 30.3 Å². The van der Waals surface area contributed by atoms with Crippen LogP contribution >= 0.6 is 0 Å². The minimum Gasteiger partial charge on any atom is -0.309 e. The molecule has 92 valence electrons. The molecule has 0 atom stereocenters. The van der Waals surface area contributed by atoms with Crippen molar-refractivity contribution in [2.45, 2.75) is 27.2 Å². The third-order valence-electron chi connectivity index (χ3n) is 2.36. The van der Waals surface area contributed by atoms with Crippen LogP contribution in [0.3, 0.4) is 0 Å². The Kier molecular flexibility index (Phi) is 4.50. The number of hydrogen-bond donors (Lipinski definition) is 0. The number of amides is 1. The molecule has 0 aromatic heterocycles. The van der Waals surface area contributed by atoms with Gasteiger partial charge in [-0.05, 0) is 17.5 Å². The van der Waals surface area contributed by atoms with Gasteiger partial charge in [-0.1, -0.05) is 45.0 Å². The molecule has 1 aromatic rings. The van der Waals surface area contributed by atoms with Crippen LogP contribution in [-0.4, -0.2) is 12.5 Å². The molecule has 0 unspecified atom stereocenters. The lowest BCUT2D eigenvalue weighted by molar-refractivity contribution is -0.120. The van der Waals surface area contributed by atoms with Crippen LogP contribution in [0.15, 0.2) is 43.0 Å². The number of carbonyl (C=O) groups excluding carboxylic acids is 1. The average Bonchev–Trinajstić information content (AvgIpc) is 2.24. The second-order valence-corrected chi connectivity index (χ2v) is 5.37. The van der Waals surface area contributed by atoms with Crippen LogP contribution in [0.1, 0.15) is 27.2 Å². The summed E-state index contributed by atoms with van der Waals surface area (Å²) < 4.78 is 0. The number of benzene rings is 1. The molecule has 2 nitrogen and oxygen atoms in total. The Bertz CT molecular complexity index is 376. The van der Waals surface area contributed by atoms with E-state index in [1.54, 1.807) is 11.0 Å². The van der Waals surface area contributed by atoms with Crippen LogP contribution in [0.4, 0.5) is 5.69 Å². The highest BCUT2D eigenvalue weighted by atomic mass is 16.2. The Balaban J connectivity index is 2.87. The number of nitrogens with zero attached hydrogens (tertiary/aromatic N) is 1.